The van der Waals surface area contributed by atoms with Gasteiger partial charge in [0.25, 0.3) is 0 Å². The minimum atomic E-state index is 1.26. The molecule has 0 bridgehead atoms. The lowest BCUT2D eigenvalue weighted by molar-refractivity contribution is 1.41. The van der Waals surface area contributed by atoms with Crippen LogP contribution in [0.25, 0.3) is 21.9 Å². The Bertz CT molecular complexity index is 937. The van der Waals surface area contributed by atoms with E-state index in [0.717, 1.165) is 0 Å². The molecular formula is C22H16S. The first-order valence-corrected chi connectivity index (χ1v) is 8.53. The predicted molar refractivity (Wildman–Crippen MR) is 99.9 cm³/mol. The standard InChI is InChI=1S/C22H16S/c1-2-11-18(12-3-1)23-22-16-7-6-14-21(22)20-15-8-10-17-9-4-5-13-19(17)20/h1-16H. The minimum Gasteiger partial charge on any atom is -0.0895 e. The van der Waals surface area contributed by atoms with E-state index in [1.807, 2.05) is 11.8 Å². The number of rotatable bonds is 3. The van der Waals surface area contributed by atoms with Gasteiger partial charge in [-0.3, -0.25) is 0 Å². The molecule has 0 fully saturated rings. The smallest absolute Gasteiger partial charge is 0.0201 e. The lowest BCUT2D eigenvalue weighted by atomic mass is 9.98. The zero-order valence-corrected chi connectivity index (χ0v) is 13.5. The summed E-state index contributed by atoms with van der Waals surface area (Å²) in [6.45, 7) is 0. The molecule has 0 aliphatic rings. The molecule has 0 saturated heterocycles. The Morgan fingerprint density at radius 2 is 1.13 bits per heavy atom. The Kier molecular flexibility index (Phi) is 3.87. The van der Waals surface area contributed by atoms with Crippen LogP contribution in [0, 0.1) is 0 Å². The summed E-state index contributed by atoms with van der Waals surface area (Å²) in [7, 11) is 0. The van der Waals surface area contributed by atoms with Crippen molar-refractivity contribution in [3.8, 4) is 11.1 Å². The summed E-state index contributed by atoms with van der Waals surface area (Å²) in [6.07, 6.45) is 0. The van der Waals surface area contributed by atoms with Crippen LogP contribution in [0.1, 0.15) is 0 Å². The van der Waals surface area contributed by atoms with Crippen molar-refractivity contribution in [2.24, 2.45) is 0 Å². The zero-order chi connectivity index (χ0) is 15.5. The van der Waals surface area contributed by atoms with E-state index in [4.69, 9.17) is 0 Å². The molecule has 23 heavy (non-hydrogen) atoms. The summed E-state index contributed by atoms with van der Waals surface area (Å²) in [4.78, 5) is 2.55. The Hall–Kier alpha value is -2.51. The van der Waals surface area contributed by atoms with Crippen LogP contribution in [-0.4, -0.2) is 0 Å². The number of hydrogen-bond donors (Lipinski definition) is 0. The van der Waals surface area contributed by atoms with Crippen molar-refractivity contribution >= 4 is 22.5 Å². The lowest BCUT2D eigenvalue weighted by Crippen LogP contribution is -1.84. The minimum absolute atomic E-state index is 1.26. The van der Waals surface area contributed by atoms with Gasteiger partial charge in [0.2, 0.25) is 0 Å². The highest BCUT2D eigenvalue weighted by molar-refractivity contribution is 7.99. The maximum absolute atomic E-state index is 2.22. The molecule has 0 N–H and O–H groups in total. The van der Waals surface area contributed by atoms with Gasteiger partial charge in [-0.2, -0.15) is 0 Å². The summed E-state index contributed by atoms with van der Waals surface area (Å²) in [5, 5.41) is 2.58. The van der Waals surface area contributed by atoms with Gasteiger partial charge >= 0.3 is 0 Å². The number of hydrogen-bond acceptors (Lipinski definition) is 1. The molecule has 110 valence electrons. The van der Waals surface area contributed by atoms with E-state index in [2.05, 4.69) is 97.1 Å². The van der Waals surface area contributed by atoms with E-state index in [1.54, 1.807) is 0 Å². The molecule has 0 heterocycles. The fourth-order valence-corrected chi connectivity index (χ4v) is 3.84. The van der Waals surface area contributed by atoms with Crippen molar-refractivity contribution in [3.05, 3.63) is 97.1 Å². The molecule has 4 aromatic rings. The highest BCUT2D eigenvalue weighted by Crippen LogP contribution is 2.38. The quantitative estimate of drug-likeness (QED) is 0.407. The van der Waals surface area contributed by atoms with Crippen LogP contribution in [0.4, 0.5) is 0 Å². The van der Waals surface area contributed by atoms with Gasteiger partial charge in [0, 0.05) is 9.79 Å². The maximum atomic E-state index is 2.22. The molecule has 4 rings (SSSR count). The molecule has 0 atom stereocenters. The summed E-state index contributed by atoms with van der Waals surface area (Å²) in [6, 6.07) is 34.3. The van der Waals surface area contributed by atoms with Gasteiger partial charge < -0.3 is 0 Å². The van der Waals surface area contributed by atoms with Crippen molar-refractivity contribution in [3.63, 3.8) is 0 Å². The van der Waals surface area contributed by atoms with Crippen LogP contribution in [0.2, 0.25) is 0 Å². The second-order valence-electron chi connectivity index (χ2n) is 5.44. The first-order chi connectivity index (χ1) is 11.4. The van der Waals surface area contributed by atoms with E-state index < -0.39 is 0 Å². The molecule has 0 amide bonds. The van der Waals surface area contributed by atoms with Crippen LogP contribution in [-0.2, 0) is 0 Å². The third kappa shape index (κ3) is 2.88. The Balaban J connectivity index is 1.86. The Morgan fingerprint density at radius 3 is 2.04 bits per heavy atom. The maximum Gasteiger partial charge on any atom is 0.0201 e. The third-order valence-electron chi connectivity index (χ3n) is 3.94. The lowest BCUT2D eigenvalue weighted by Gasteiger charge is -2.12. The van der Waals surface area contributed by atoms with Crippen molar-refractivity contribution in [1.82, 2.24) is 0 Å². The zero-order valence-electron chi connectivity index (χ0n) is 12.6. The molecule has 1 heteroatoms. The molecule has 0 spiro atoms. The second-order valence-corrected chi connectivity index (χ2v) is 6.55. The summed E-state index contributed by atoms with van der Waals surface area (Å²) >= 11 is 1.82. The van der Waals surface area contributed by atoms with Crippen molar-refractivity contribution in [2.75, 3.05) is 0 Å². The van der Waals surface area contributed by atoms with Gasteiger partial charge in [0.05, 0.1) is 0 Å². The molecule has 0 saturated carbocycles. The fraction of sp³-hybridized carbons (Fsp3) is 0. The third-order valence-corrected chi connectivity index (χ3v) is 5.02. The first kappa shape index (κ1) is 14.1. The van der Waals surface area contributed by atoms with Gasteiger partial charge in [0.15, 0.2) is 0 Å². The molecule has 0 aromatic heterocycles. The topological polar surface area (TPSA) is 0 Å². The van der Waals surface area contributed by atoms with Crippen molar-refractivity contribution in [1.29, 1.82) is 0 Å². The van der Waals surface area contributed by atoms with Crippen LogP contribution < -0.4 is 0 Å². The fourth-order valence-electron chi connectivity index (χ4n) is 2.85. The van der Waals surface area contributed by atoms with E-state index in [0.29, 0.717) is 0 Å². The first-order valence-electron chi connectivity index (χ1n) is 7.72. The van der Waals surface area contributed by atoms with Gasteiger partial charge in [-0.15, -0.1) is 0 Å². The SMILES string of the molecule is c1ccc(Sc2ccccc2-c2cccc3ccccc23)cc1. The highest BCUT2D eigenvalue weighted by atomic mass is 32.2. The summed E-state index contributed by atoms with van der Waals surface area (Å²) in [5.74, 6) is 0. The summed E-state index contributed by atoms with van der Waals surface area (Å²) in [5.41, 5.74) is 2.58. The molecule has 0 radical (unpaired) electrons. The summed E-state index contributed by atoms with van der Waals surface area (Å²) < 4.78 is 0. The van der Waals surface area contributed by atoms with Gasteiger partial charge in [0.1, 0.15) is 0 Å². The molecular weight excluding hydrogens is 296 g/mol. The molecule has 4 aromatic carbocycles. The molecule has 0 nitrogen and oxygen atoms in total. The number of fused-ring (bicyclic) bond motifs is 1. The average Bonchev–Trinajstić information content (AvgIpc) is 2.63. The Labute approximate surface area is 140 Å². The molecule has 0 aliphatic carbocycles. The second kappa shape index (κ2) is 6.31. The van der Waals surface area contributed by atoms with Crippen LogP contribution >= 0.6 is 11.8 Å². The normalized spacial score (nSPS) is 10.8. The molecule has 0 aliphatic heterocycles. The van der Waals surface area contributed by atoms with Crippen molar-refractivity contribution < 1.29 is 0 Å². The van der Waals surface area contributed by atoms with Crippen LogP contribution in [0.5, 0.6) is 0 Å². The largest absolute Gasteiger partial charge is 0.0895 e. The Morgan fingerprint density at radius 1 is 0.478 bits per heavy atom. The van der Waals surface area contributed by atoms with Gasteiger partial charge in [-0.05, 0) is 40.1 Å². The van der Waals surface area contributed by atoms with Crippen molar-refractivity contribution in [2.45, 2.75) is 9.79 Å². The van der Waals surface area contributed by atoms with Crippen LogP contribution in [0.15, 0.2) is 107 Å². The predicted octanol–water partition coefficient (Wildman–Crippen LogP) is 6.66. The average molecular weight is 312 g/mol. The van der Waals surface area contributed by atoms with E-state index in [-0.39, 0.29) is 0 Å². The van der Waals surface area contributed by atoms with E-state index >= 15 is 0 Å². The van der Waals surface area contributed by atoms with Gasteiger partial charge in [-0.1, -0.05) is 90.6 Å². The number of benzene rings is 4. The van der Waals surface area contributed by atoms with Gasteiger partial charge in [-0.25, -0.2) is 0 Å². The van der Waals surface area contributed by atoms with E-state index in [9.17, 15) is 0 Å². The highest BCUT2D eigenvalue weighted by Gasteiger charge is 2.09. The monoisotopic (exact) mass is 312 g/mol. The molecule has 0 unspecified atom stereocenters. The van der Waals surface area contributed by atoms with E-state index in [1.165, 1.54) is 31.7 Å². The van der Waals surface area contributed by atoms with Crippen LogP contribution in [0.3, 0.4) is 0 Å².